The summed E-state index contributed by atoms with van der Waals surface area (Å²) >= 11 is 0. The molecular formula is C14H19N3. The summed E-state index contributed by atoms with van der Waals surface area (Å²) in [7, 11) is 0. The quantitative estimate of drug-likeness (QED) is 0.832. The maximum Gasteiger partial charge on any atom is 0.0720 e. The standard InChI is InChI=1S/C14H19N3/c1-14(2,3)11-6-4-10(5-7-11)13(15)12-8-9-16-17-12/h4-9,13H,15H2,1-3H3,(H,16,17). The highest BCUT2D eigenvalue weighted by molar-refractivity contribution is 5.32. The Morgan fingerprint density at radius 1 is 1.12 bits per heavy atom. The van der Waals surface area contributed by atoms with E-state index < -0.39 is 0 Å². The summed E-state index contributed by atoms with van der Waals surface area (Å²) in [5, 5.41) is 6.83. The van der Waals surface area contributed by atoms with E-state index in [1.807, 2.05) is 6.07 Å². The molecule has 0 fully saturated rings. The number of aromatic nitrogens is 2. The van der Waals surface area contributed by atoms with Crippen molar-refractivity contribution in [2.45, 2.75) is 32.2 Å². The van der Waals surface area contributed by atoms with Crippen molar-refractivity contribution in [3.8, 4) is 0 Å². The van der Waals surface area contributed by atoms with Crippen LogP contribution < -0.4 is 5.73 Å². The molecule has 0 bridgehead atoms. The summed E-state index contributed by atoms with van der Waals surface area (Å²) in [6, 6.07) is 10.2. The monoisotopic (exact) mass is 229 g/mol. The van der Waals surface area contributed by atoms with E-state index in [2.05, 4.69) is 55.2 Å². The van der Waals surface area contributed by atoms with Gasteiger partial charge < -0.3 is 5.73 Å². The summed E-state index contributed by atoms with van der Waals surface area (Å²) < 4.78 is 0. The van der Waals surface area contributed by atoms with Gasteiger partial charge in [-0.2, -0.15) is 5.10 Å². The third kappa shape index (κ3) is 2.56. The first kappa shape index (κ1) is 11.9. The summed E-state index contributed by atoms with van der Waals surface area (Å²) in [6.45, 7) is 6.62. The molecule has 1 heterocycles. The SMILES string of the molecule is CC(C)(C)c1ccc(C(N)c2ccn[nH]2)cc1. The topological polar surface area (TPSA) is 54.7 Å². The van der Waals surface area contributed by atoms with E-state index in [1.54, 1.807) is 6.20 Å². The molecule has 1 atom stereocenters. The number of hydrogen-bond donors (Lipinski definition) is 2. The number of H-pyrrole nitrogens is 1. The second-order valence-corrected chi connectivity index (χ2v) is 5.36. The first-order valence-electron chi connectivity index (χ1n) is 5.84. The van der Waals surface area contributed by atoms with Crippen LogP contribution in [0.25, 0.3) is 0 Å². The molecular weight excluding hydrogens is 210 g/mol. The molecule has 0 aliphatic carbocycles. The molecule has 0 saturated heterocycles. The smallest absolute Gasteiger partial charge is 0.0720 e. The van der Waals surface area contributed by atoms with Crippen LogP contribution in [0.5, 0.6) is 0 Å². The van der Waals surface area contributed by atoms with Gasteiger partial charge in [0.2, 0.25) is 0 Å². The van der Waals surface area contributed by atoms with Crippen LogP contribution in [0.1, 0.15) is 43.6 Å². The molecule has 0 aliphatic rings. The van der Waals surface area contributed by atoms with Gasteiger partial charge in [-0.15, -0.1) is 0 Å². The molecule has 3 nitrogen and oxygen atoms in total. The number of rotatable bonds is 2. The highest BCUT2D eigenvalue weighted by Gasteiger charge is 2.15. The number of nitrogens with two attached hydrogens (primary N) is 1. The fourth-order valence-electron chi connectivity index (χ4n) is 1.81. The van der Waals surface area contributed by atoms with Gasteiger partial charge in [-0.05, 0) is 22.6 Å². The van der Waals surface area contributed by atoms with Crippen LogP contribution in [0, 0.1) is 0 Å². The third-order valence-corrected chi connectivity index (χ3v) is 2.99. The fourth-order valence-corrected chi connectivity index (χ4v) is 1.81. The largest absolute Gasteiger partial charge is 0.319 e. The highest BCUT2D eigenvalue weighted by Crippen LogP contribution is 2.24. The minimum Gasteiger partial charge on any atom is -0.319 e. The molecule has 0 aliphatic heterocycles. The van der Waals surface area contributed by atoms with E-state index in [0.29, 0.717) is 0 Å². The van der Waals surface area contributed by atoms with Crippen LogP contribution in [0.4, 0.5) is 0 Å². The van der Waals surface area contributed by atoms with Crippen molar-refractivity contribution in [1.82, 2.24) is 10.2 Å². The molecule has 2 rings (SSSR count). The van der Waals surface area contributed by atoms with Crippen molar-refractivity contribution >= 4 is 0 Å². The lowest BCUT2D eigenvalue weighted by atomic mass is 9.86. The number of benzene rings is 1. The van der Waals surface area contributed by atoms with E-state index >= 15 is 0 Å². The summed E-state index contributed by atoms with van der Waals surface area (Å²) in [6.07, 6.45) is 1.72. The van der Waals surface area contributed by atoms with Crippen LogP contribution in [0.3, 0.4) is 0 Å². The molecule has 0 saturated carbocycles. The first-order valence-corrected chi connectivity index (χ1v) is 5.84. The fraction of sp³-hybridized carbons (Fsp3) is 0.357. The van der Waals surface area contributed by atoms with Crippen LogP contribution in [-0.2, 0) is 5.41 Å². The van der Waals surface area contributed by atoms with E-state index in [4.69, 9.17) is 5.73 Å². The van der Waals surface area contributed by atoms with Gasteiger partial charge in [0.15, 0.2) is 0 Å². The van der Waals surface area contributed by atoms with Crippen LogP contribution >= 0.6 is 0 Å². The molecule has 17 heavy (non-hydrogen) atoms. The van der Waals surface area contributed by atoms with Gasteiger partial charge in [-0.25, -0.2) is 0 Å². The van der Waals surface area contributed by atoms with Crippen LogP contribution in [0.15, 0.2) is 36.5 Å². The zero-order valence-corrected chi connectivity index (χ0v) is 10.6. The Morgan fingerprint density at radius 2 is 1.76 bits per heavy atom. The lowest BCUT2D eigenvalue weighted by Gasteiger charge is -2.20. The molecule has 0 radical (unpaired) electrons. The molecule has 3 N–H and O–H groups in total. The van der Waals surface area contributed by atoms with Gasteiger partial charge in [0.25, 0.3) is 0 Å². The molecule has 1 aromatic heterocycles. The first-order chi connectivity index (χ1) is 7.98. The third-order valence-electron chi connectivity index (χ3n) is 2.99. The number of nitrogens with one attached hydrogen (secondary N) is 1. The van der Waals surface area contributed by atoms with Gasteiger partial charge >= 0.3 is 0 Å². The van der Waals surface area contributed by atoms with Crippen molar-refractivity contribution < 1.29 is 0 Å². The Morgan fingerprint density at radius 3 is 2.24 bits per heavy atom. The molecule has 2 aromatic rings. The van der Waals surface area contributed by atoms with Gasteiger partial charge in [0.05, 0.1) is 11.7 Å². The second kappa shape index (κ2) is 4.34. The minimum atomic E-state index is -0.133. The molecule has 90 valence electrons. The Kier molecular flexibility index (Phi) is 3.03. The van der Waals surface area contributed by atoms with E-state index in [0.717, 1.165) is 11.3 Å². The lowest BCUT2D eigenvalue weighted by molar-refractivity contribution is 0.589. The average molecular weight is 229 g/mol. The lowest BCUT2D eigenvalue weighted by Crippen LogP contribution is -2.14. The van der Waals surface area contributed by atoms with E-state index in [9.17, 15) is 0 Å². The summed E-state index contributed by atoms with van der Waals surface area (Å²) in [4.78, 5) is 0. The molecule has 1 aromatic carbocycles. The van der Waals surface area contributed by atoms with Crippen molar-refractivity contribution in [3.63, 3.8) is 0 Å². The predicted molar refractivity (Wildman–Crippen MR) is 69.8 cm³/mol. The molecule has 0 amide bonds. The van der Waals surface area contributed by atoms with Gasteiger partial charge in [0.1, 0.15) is 0 Å². The molecule has 3 heteroatoms. The van der Waals surface area contributed by atoms with E-state index in [1.165, 1.54) is 5.56 Å². The summed E-state index contributed by atoms with van der Waals surface area (Å²) in [5.74, 6) is 0. The zero-order chi connectivity index (χ0) is 12.5. The Labute approximate surface area is 102 Å². The minimum absolute atomic E-state index is 0.133. The van der Waals surface area contributed by atoms with Crippen molar-refractivity contribution in [2.24, 2.45) is 5.73 Å². The van der Waals surface area contributed by atoms with Gasteiger partial charge in [-0.1, -0.05) is 45.0 Å². The predicted octanol–water partition coefficient (Wildman–Crippen LogP) is 2.76. The molecule has 1 unspecified atom stereocenters. The molecule has 0 spiro atoms. The highest BCUT2D eigenvalue weighted by atomic mass is 15.1. The zero-order valence-electron chi connectivity index (χ0n) is 10.6. The van der Waals surface area contributed by atoms with Crippen LogP contribution in [0.2, 0.25) is 0 Å². The maximum absolute atomic E-state index is 6.15. The maximum atomic E-state index is 6.15. The number of aromatic amines is 1. The Balaban J connectivity index is 2.24. The summed E-state index contributed by atoms with van der Waals surface area (Å²) in [5.41, 5.74) is 9.68. The van der Waals surface area contributed by atoms with Crippen molar-refractivity contribution in [3.05, 3.63) is 53.3 Å². The normalized spacial score (nSPS) is 13.6. The Hall–Kier alpha value is -1.61. The van der Waals surface area contributed by atoms with Gasteiger partial charge in [0, 0.05) is 6.20 Å². The van der Waals surface area contributed by atoms with E-state index in [-0.39, 0.29) is 11.5 Å². The van der Waals surface area contributed by atoms with Crippen LogP contribution in [-0.4, -0.2) is 10.2 Å². The van der Waals surface area contributed by atoms with Gasteiger partial charge in [-0.3, -0.25) is 5.10 Å². The number of hydrogen-bond acceptors (Lipinski definition) is 2. The number of nitrogens with zero attached hydrogens (tertiary/aromatic N) is 1. The van der Waals surface area contributed by atoms with Crippen molar-refractivity contribution in [2.75, 3.05) is 0 Å². The Bertz CT molecular complexity index is 463. The average Bonchev–Trinajstić information content (AvgIpc) is 2.80. The second-order valence-electron chi connectivity index (χ2n) is 5.36. The van der Waals surface area contributed by atoms with Crippen molar-refractivity contribution in [1.29, 1.82) is 0 Å².